The number of ether oxygens (including phenoxy) is 1. The minimum Gasteiger partial charge on any atom is -0.378 e. The Morgan fingerprint density at radius 2 is 1.94 bits per heavy atom. The van der Waals surface area contributed by atoms with Gasteiger partial charge < -0.3 is 19.5 Å². The Labute approximate surface area is 187 Å². The van der Waals surface area contributed by atoms with Gasteiger partial charge in [0.25, 0.3) is 5.91 Å². The lowest BCUT2D eigenvalue weighted by atomic mass is 10.0. The van der Waals surface area contributed by atoms with Crippen molar-refractivity contribution in [3.05, 3.63) is 54.4 Å². The lowest BCUT2D eigenvalue weighted by Crippen LogP contribution is -2.41. The fourth-order valence-corrected chi connectivity index (χ4v) is 4.17. The van der Waals surface area contributed by atoms with Crippen molar-refractivity contribution in [3.8, 4) is 0 Å². The number of carbonyl (C=O) groups is 2. The van der Waals surface area contributed by atoms with E-state index < -0.39 is 0 Å². The summed E-state index contributed by atoms with van der Waals surface area (Å²) in [6.07, 6.45) is 1.76. The van der Waals surface area contributed by atoms with E-state index in [9.17, 15) is 9.59 Å². The maximum absolute atomic E-state index is 12.7. The first-order valence-electron chi connectivity index (χ1n) is 10.4. The van der Waals surface area contributed by atoms with Crippen molar-refractivity contribution in [3.63, 3.8) is 0 Å². The second kappa shape index (κ2) is 11.1. The normalized spacial score (nSPS) is 15.0. The molecule has 1 aliphatic heterocycles. The summed E-state index contributed by atoms with van der Waals surface area (Å²) in [6, 6.07) is 8.77. The van der Waals surface area contributed by atoms with Crippen LogP contribution in [0.25, 0.3) is 0 Å². The van der Waals surface area contributed by atoms with Crippen molar-refractivity contribution in [1.29, 1.82) is 0 Å². The third-order valence-corrected chi connectivity index (χ3v) is 5.96. The smallest absolute Gasteiger partial charge is 0.251 e. The van der Waals surface area contributed by atoms with E-state index in [1.165, 1.54) is 11.8 Å². The molecule has 3 rings (SSSR count). The molecule has 1 N–H and O–H groups in total. The zero-order valence-corrected chi connectivity index (χ0v) is 18.8. The summed E-state index contributed by atoms with van der Waals surface area (Å²) in [5.41, 5.74) is 0.591. The van der Waals surface area contributed by atoms with Gasteiger partial charge in [-0.15, -0.1) is 16.8 Å². The van der Waals surface area contributed by atoms with Crippen molar-refractivity contribution in [2.75, 3.05) is 32.1 Å². The van der Waals surface area contributed by atoms with Gasteiger partial charge in [-0.3, -0.25) is 9.59 Å². The van der Waals surface area contributed by atoms with Gasteiger partial charge >= 0.3 is 0 Å². The zero-order valence-electron chi connectivity index (χ0n) is 18.0. The maximum atomic E-state index is 12.7. The van der Waals surface area contributed by atoms with Crippen LogP contribution in [0, 0.1) is 5.92 Å². The number of rotatable bonds is 9. The van der Waals surface area contributed by atoms with E-state index in [0.29, 0.717) is 49.4 Å². The van der Waals surface area contributed by atoms with Crippen LogP contribution < -0.4 is 5.32 Å². The summed E-state index contributed by atoms with van der Waals surface area (Å²) in [7, 11) is 0. The highest BCUT2D eigenvalue weighted by atomic mass is 32.2. The van der Waals surface area contributed by atoms with Gasteiger partial charge in [0.2, 0.25) is 5.91 Å². The Kier molecular flexibility index (Phi) is 8.25. The van der Waals surface area contributed by atoms with Crippen LogP contribution in [0.1, 0.15) is 36.1 Å². The molecule has 31 heavy (non-hydrogen) atoms. The molecular formula is C22H29N5O3S. The first-order chi connectivity index (χ1) is 15.0. The number of hydrogen-bond donors (Lipinski definition) is 1. The molecule has 0 bridgehead atoms. The standard InChI is InChI=1S/C22H29N5O3S/c1-4-10-27-20(19(16(2)3)23-21(29)17-8-6-5-7-9-17)24-25-22(27)31-15-18(28)26-11-13-30-14-12-26/h4-9,16,19H,1,10-15H2,2-3H3,(H,23,29)/t19-/m0/s1. The van der Waals surface area contributed by atoms with Crippen molar-refractivity contribution in [1.82, 2.24) is 25.0 Å². The van der Waals surface area contributed by atoms with E-state index >= 15 is 0 Å². The summed E-state index contributed by atoms with van der Waals surface area (Å²) >= 11 is 1.35. The van der Waals surface area contributed by atoms with Crippen molar-refractivity contribution in [2.45, 2.75) is 31.6 Å². The van der Waals surface area contributed by atoms with Crippen molar-refractivity contribution in [2.24, 2.45) is 5.92 Å². The van der Waals surface area contributed by atoms with Gasteiger partial charge in [0, 0.05) is 25.2 Å². The second-order valence-electron chi connectivity index (χ2n) is 7.58. The van der Waals surface area contributed by atoms with Gasteiger partial charge in [-0.05, 0) is 18.1 Å². The van der Waals surface area contributed by atoms with Crippen LogP contribution >= 0.6 is 11.8 Å². The van der Waals surface area contributed by atoms with Crippen LogP contribution in [-0.4, -0.2) is 63.5 Å². The summed E-state index contributed by atoms with van der Waals surface area (Å²) < 4.78 is 7.22. The molecule has 8 nitrogen and oxygen atoms in total. The molecule has 0 saturated carbocycles. The molecule has 1 aromatic heterocycles. The van der Waals surface area contributed by atoms with Gasteiger partial charge in [-0.1, -0.05) is 49.9 Å². The highest BCUT2D eigenvalue weighted by Gasteiger charge is 2.27. The predicted molar refractivity (Wildman–Crippen MR) is 120 cm³/mol. The SMILES string of the molecule is C=CCn1c(SCC(=O)N2CCOCC2)nnc1[C@@H](NC(=O)c1ccccc1)C(C)C. The number of nitrogens with one attached hydrogen (secondary N) is 1. The summed E-state index contributed by atoms with van der Waals surface area (Å²) in [4.78, 5) is 27.1. The van der Waals surface area contributed by atoms with Crippen LogP contribution in [-0.2, 0) is 16.1 Å². The average Bonchev–Trinajstić information content (AvgIpc) is 3.19. The second-order valence-corrected chi connectivity index (χ2v) is 8.53. The molecule has 0 aliphatic carbocycles. The maximum Gasteiger partial charge on any atom is 0.251 e. The monoisotopic (exact) mass is 443 g/mol. The summed E-state index contributed by atoms with van der Waals surface area (Å²) in [5.74, 6) is 0.913. The van der Waals surface area contributed by atoms with Gasteiger partial charge in [-0.25, -0.2) is 0 Å². The molecule has 2 aromatic rings. The zero-order chi connectivity index (χ0) is 22.2. The molecule has 1 aliphatic rings. The molecule has 166 valence electrons. The molecule has 1 aromatic carbocycles. The summed E-state index contributed by atoms with van der Waals surface area (Å²) in [6.45, 7) is 10.8. The number of carbonyl (C=O) groups excluding carboxylic acids is 2. The Morgan fingerprint density at radius 3 is 2.58 bits per heavy atom. The Morgan fingerprint density at radius 1 is 1.23 bits per heavy atom. The minimum atomic E-state index is -0.329. The van der Waals surface area contributed by atoms with Crippen molar-refractivity contribution >= 4 is 23.6 Å². The third kappa shape index (κ3) is 5.95. The van der Waals surface area contributed by atoms with Crippen LogP contribution in [0.5, 0.6) is 0 Å². The lowest BCUT2D eigenvalue weighted by Gasteiger charge is -2.26. The van der Waals surface area contributed by atoms with Gasteiger partial charge in [0.15, 0.2) is 11.0 Å². The van der Waals surface area contributed by atoms with E-state index in [1.807, 2.05) is 41.5 Å². The van der Waals surface area contributed by atoms with E-state index in [2.05, 4.69) is 22.1 Å². The van der Waals surface area contributed by atoms with E-state index in [4.69, 9.17) is 4.74 Å². The molecule has 0 spiro atoms. The largest absolute Gasteiger partial charge is 0.378 e. The molecule has 0 radical (unpaired) electrons. The van der Waals surface area contributed by atoms with Crippen LogP contribution in [0.15, 0.2) is 48.1 Å². The topological polar surface area (TPSA) is 89.3 Å². The van der Waals surface area contributed by atoms with Crippen molar-refractivity contribution < 1.29 is 14.3 Å². The lowest BCUT2D eigenvalue weighted by molar-refractivity contribution is -0.132. The van der Waals surface area contributed by atoms with E-state index in [0.717, 1.165) is 0 Å². The highest BCUT2D eigenvalue weighted by Crippen LogP contribution is 2.26. The van der Waals surface area contributed by atoms with Crippen LogP contribution in [0.2, 0.25) is 0 Å². The fourth-order valence-electron chi connectivity index (χ4n) is 3.31. The minimum absolute atomic E-state index is 0.0563. The fraction of sp³-hybridized carbons (Fsp3) is 0.455. The Hall–Kier alpha value is -2.65. The number of benzene rings is 1. The quantitative estimate of drug-likeness (QED) is 0.473. The Balaban J connectivity index is 1.75. The molecule has 2 amide bonds. The number of aromatic nitrogens is 3. The molecule has 1 atom stereocenters. The number of allylic oxidation sites excluding steroid dienone is 1. The first kappa shape index (κ1) is 23.0. The number of morpholine rings is 1. The van der Waals surface area contributed by atoms with E-state index in [1.54, 1.807) is 18.2 Å². The highest BCUT2D eigenvalue weighted by molar-refractivity contribution is 7.99. The molecular weight excluding hydrogens is 414 g/mol. The molecule has 9 heteroatoms. The van der Waals surface area contributed by atoms with E-state index in [-0.39, 0.29) is 29.5 Å². The molecule has 0 unspecified atom stereocenters. The van der Waals surface area contributed by atoms with Gasteiger partial charge in [0.05, 0.1) is 25.0 Å². The number of thioether (sulfide) groups is 1. The molecule has 1 saturated heterocycles. The number of amides is 2. The first-order valence-corrected chi connectivity index (χ1v) is 11.4. The Bertz CT molecular complexity index is 894. The van der Waals surface area contributed by atoms with Crippen LogP contribution in [0.4, 0.5) is 0 Å². The third-order valence-electron chi connectivity index (χ3n) is 5.01. The van der Waals surface area contributed by atoms with Gasteiger partial charge in [-0.2, -0.15) is 0 Å². The van der Waals surface area contributed by atoms with Gasteiger partial charge in [0.1, 0.15) is 0 Å². The number of nitrogens with zero attached hydrogens (tertiary/aromatic N) is 4. The molecule has 2 heterocycles. The van der Waals surface area contributed by atoms with Crippen LogP contribution in [0.3, 0.4) is 0 Å². The predicted octanol–water partition coefficient (Wildman–Crippen LogP) is 2.54. The molecule has 1 fully saturated rings. The summed E-state index contributed by atoms with van der Waals surface area (Å²) in [5, 5.41) is 12.4. The number of hydrogen-bond acceptors (Lipinski definition) is 6. The average molecular weight is 444 g/mol.